The summed E-state index contributed by atoms with van der Waals surface area (Å²) in [6, 6.07) is 30.7. The number of rotatable bonds is 4. The third-order valence-electron chi connectivity index (χ3n) is 5.52. The number of ether oxygens (including phenoxy) is 1. The first-order chi connectivity index (χ1) is 14.3. The van der Waals surface area contributed by atoms with Crippen LogP contribution in [0.1, 0.15) is 29.0 Å². The Bertz CT molecular complexity index is 1170. The number of anilines is 1. The molecule has 0 aliphatic carbocycles. The van der Waals surface area contributed by atoms with Crippen molar-refractivity contribution in [2.75, 3.05) is 5.32 Å². The molecule has 0 saturated heterocycles. The van der Waals surface area contributed by atoms with Crippen molar-refractivity contribution >= 4 is 22.4 Å². The smallest absolute Gasteiger partial charge is 0.225 e. The first kappa shape index (κ1) is 17.5. The fourth-order valence-corrected chi connectivity index (χ4v) is 4.04. The average molecular weight is 379 g/mol. The molecule has 4 aromatic carbocycles. The number of hydrogen-bond acceptors (Lipinski definition) is 2. The van der Waals surface area contributed by atoms with E-state index in [4.69, 9.17) is 4.74 Å². The van der Waals surface area contributed by atoms with E-state index in [0.29, 0.717) is 13.0 Å². The zero-order valence-electron chi connectivity index (χ0n) is 16.0. The minimum Gasteiger partial charge on any atom is -0.489 e. The minimum atomic E-state index is 0.0477. The number of hydrogen-bond donors (Lipinski definition) is 1. The summed E-state index contributed by atoms with van der Waals surface area (Å²) < 4.78 is 5.90. The van der Waals surface area contributed by atoms with Gasteiger partial charge in [-0.15, -0.1) is 0 Å². The van der Waals surface area contributed by atoms with Crippen molar-refractivity contribution in [2.45, 2.75) is 18.9 Å². The van der Waals surface area contributed by atoms with Crippen LogP contribution in [0.25, 0.3) is 10.8 Å². The van der Waals surface area contributed by atoms with Crippen LogP contribution < -0.4 is 10.1 Å². The Hall–Kier alpha value is -3.59. The average Bonchev–Trinajstić information content (AvgIpc) is 2.78. The number of carbonyl (C=O) groups is 1. The van der Waals surface area contributed by atoms with E-state index in [2.05, 4.69) is 53.8 Å². The molecule has 1 aliphatic rings. The van der Waals surface area contributed by atoms with E-state index in [0.717, 1.165) is 33.3 Å². The van der Waals surface area contributed by atoms with Gasteiger partial charge in [0.15, 0.2) is 0 Å². The van der Waals surface area contributed by atoms with E-state index >= 15 is 0 Å². The first-order valence-electron chi connectivity index (χ1n) is 9.86. The lowest BCUT2D eigenvalue weighted by Gasteiger charge is -2.27. The van der Waals surface area contributed by atoms with E-state index in [1.807, 2.05) is 42.5 Å². The van der Waals surface area contributed by atoms with Crippen molar-refractivity contribution in [2.24, 2.45) is 0 Å². The van der Waals surface area contributed by atoms with E-state index in [-0.39, 0.29) is 11.8 Å². The van der Waals surface area contributed by atoms with Crippen LogP contribution in [0, 0.1) is 0 Å². The second-order valence-corrected chi connectivity index (χ2v) is 7.40. The Morgan fingerprint density at radius 3 is 2.41 bits per heavy atom. The van der Waals surface area contributed by atoms with Crippen molar-refractivity contribution < 1.29 is 9.53 Å². The molecule has 29 heavy (non-hydrogen) atoms. The van der Waals surface area contributed by atoms with Crippen molar-refractivity contribution in [3.05, 3.63) is 108 Å². The molecule has 3 nitrogen and oxygen atoms in total. The molecule has 0 fully saturated rings. The maximum Gasteiger partial charge on any atom is 0.225 e. The predicted octanol–water partition coefficient (Wildman–Crippen LogP) is 5.89. The molecule has 0 saturated carbocycles. The Labute approximate surface area is 170 Å². The molecule has 1 heterocycles. The Morgan fingerprint density at radius 2 is 1.59 bits per heavy atom. The van der Waals surface area contributed by atoms with Gasteiger partial charge >= 0.3 is 0 Å². The second-order valence-electron chi connectivity index (χ2n) is 7.40. The summed E-state index contributed by atoms with van der Waals surface area (Å²) in [6.07, 6.45) is 0.454. The molecule has 0 spiro atoms. The topological polar surface area (TPSA) is 38.3 Å². The van der Waals surface area contributed by atoms with Crippen LogP contribution in [0.2, 0.25) is 0 Å². The van der Waals surface area contributed by atoms with Crippen molar-refractivity contribution in [1.29, 1.82) is 0 Å². The van der Waals surface area contributed by atoms with Crippen LogP contribution in [0.4, 0.5) is 5.69 Å². The summed E-state index contributed by atoms with van der Waals surface area (Å²) in [5.41, 5.74) is 4.37. The van der Waals surface area contributed by atoms with Gasteiger partial charge in [0.25, 0.3) is 0 Å². The third kappa shape index (κ3) is 3.47. The molecule has 142 valence electrons. The van der Waals surface area contributed by atoms with Crippen molar-refractivity contribution in [1.82, 2.24) is 0 Å². The van der Waals surface area contributed by atoms with E-state index in [9.17, 15) is 4.79 Å². The predicted molar refractivity (Wildman–Crippen MR) is 116 cm³/mol. The maximum absolute atomic E-state index is 12.4. The fraction of sp³-hybridized carbons (Fsp3) is 0.115. The molecule has 5 rings (SSSR count). The highest BCUT2D eigenvalue weighted by molar-refractivity contribution is 6.06. The van der Waals surface area contributed by atoms with Gasteiger partial charge in [0.2, 0.25) is 5.91 Å². The van der Waals surface area contributed by atoms with E-state index in [1.54, 1.807) is 0 Å². The van der Waals surface area contributed by atoms with Gasteiger partial charge in [-0.3, -0.25) is 4.79 Å². The maximum atomic E-state index is 12.4. The summed E-state index contributed by atoms with van der Waals surface area (Å²) in [7, 11) is 0. The molecule has 1 N–H and O–H groups in total. The molecule has 1 amide bonds. The largest absolute Gasteiger partial charge is 0.489 e. The standard InChI is InChI=1S/C26H21NO2/c28-25-16-24(23-15-12-19-8-4-5-9-22(19)26(23)27-25)20-10-13-21(14-11-20)29-17-18-6-2-1-3-7-18/h1-15,24H,16-17H2,(H,27,28). The quantitative estimate of drug-likeness (QED) is 0.480. The molecule has 0 radical (unpaired) electrons. The van der Waals surface area contributed by atoms with Gasteiger partial charge < -0.3 is 10.1 Å². The summed E-state index contributed by atoms with van der Waals surface area (Å²) >= 11 is 0. The van der Waals surface area contributed by atoms with Gasteiger partial charge in [-0.25, -0.2) is 0 Å². The molecule has 1 aliphatic heterocycles. The molecular formula is C26H21NO2. The highest BCUT2D eigenvalue weighted by Crippen LogP contribution is 2.41. The number of amides is 1. The molecule has 1 unspecified atom stereocenters. The molecule has 1 atom stereocenters. The first-order valence-corrected chi connectivity index (χ1v) is 9.86. The van der Waals surface area contributed by atoms with Gasteiger partial charge in [0.1, 0.15) is 12.4 Å². The summed E-state index contributed by atoms with van der Waals surface area (Å²) in [6.45, 7) is 0.543. The van der Waals surface area contributed by atoms with Crippen LogP contribution in [0.15, 0.2) is 91.0 Å². The molecule has 3 heteroatoms. The Balaban J connectivity index is 1.43. The highest BCUT2D eigenvalue weighted by Gasteiger charge is 2.27. The SMILES string of the molecule is O=C1CC(c2ccc(OCc3ccccc3)cc2)c2ccc3ccccc3c2N1. The van der Waals surface area contributed by atoms with Crippen LogP contribution in [0.5, 0.6) is 5.75 Å². The molecule has 0 aromatic heterocycles. The highest BCUT2D eigenvalue weighted by atomic mass is 16.5. The fourth-order valence-electron chi connectivity index (χ4n) is 4.04. The number of fused-ring (bicyclic) bond motifs is 3. The third-order valence-corrected chi connectivity index (χ3v) is 5.52. The van der Waals surface area contributed by atoms with Crippen LogP contribution >= 0.6 is 0 Å². The van der Waals surface area contributed by atoms with Crippen molar-refractivity contribution in [3.8, 4) is 5.75 Å². The van der Waals surface area contributed by atoms with Gasteiger partial charge in [-0.05, 0) is 34.2 Å². The molecule has 4 aromatic rings. The number of nitrogens with one attached hydrogen (secondary N) is 1. The van der Waals surface area contributed by atoms with Gasteiger partial charge in [-0.2, -0.15) is 0 Å². The zero-order valence-corrected chi connectivity index (χ0v) is 16.0. The zero-order chi connectivity index (χ0) is 19.6. The monoisotopic (exact) mass is 379 g/mol. The summed E-state index contributed by atoms with van der Waals surface area (Å²) in [5, 5.41) is 5.31. The number of carbonyl (C=O) groups excluding carboxylic acids is 1. The Morgan fingerprint density at radius 1 is 0.828 bits per heavy atom. The number of benzene rings is 4. The molecular weight excluding hydrogens is 358 g/mol. The lowest BCUT2D eigenvalue weighted by molar-refractivity contribution is -0.116. The van der Waals surface area contributed by atoms with Crippen molar-refractivity contribution in [3.63, 3.8) is 0 Å². The lowest BCUT2D eigenvalue weighted by Crippen LogP contribution is -2.23. The normalized spacial score (nSPS) is 15.6. The lowest BCUT2D eigenvalue weighted by atomic mass is 9.83. The minimum absolute atomic E-state index is 0.0477. The van der Waals surface area contributed by atoms with E-state index in [1.165, 1.54) is 5.56 Å². The van der Waals surface area contributed by atoms with Gasteiger partial charge in [-0.1, -0.05) is 78.9 Å². The Kier molecular flexibility index (Phi) is 4.49. The second kappa shape index (κ2) is 7.44. The molecule has 0 bridgehead atoms. The van der Waals surface area contributed by atoms with Crippen LogP contribution in [0.3, 0.4) is 0 Å². The van der Waals surface area contributed by atoms with Crippen LogP contribution in [-0.4, -0.2) is 5.91 Å². The van der Waals surface area contributed by atoms with Crippen LogP contribution in [-0.2, 0) is 11.4 Å². The summed E-state index contributed by atoms with van der Waals surface area (Å²) in [4.78, 5) is 12.4. The van der Waals surface area contributed by atoms with Gasteiger partial charge in [0, 0.05) is 17.7 Å². The van der Waals surface area contributed by atoms with Gasteiger partial charge in [0.05, 0.1) is 5.69 Å². The van der Waals surface area contributed by atoms with E-state index < -0.39 is 0 Å². The summed E-state index contributed by atoms with van der Waals surface area (Å²) in [5.74, 6) is 0.936.